The Morgan fingerprint density at radius 1 is 1.08 bits per heavy atom. The van der Waals surface area contributed by atoms with Gasteiger partial charge in [0.2, 0.25) is 0 Å². The molecule has 0 aromatic rings. The van der Waals surface area contributed by atoms with E-state index in [0.717, 1.165) is 25.6 Å². The van der Waals surface area contributed by atoms with Crippen LogP contribution in [-0.2, 0) is 4.74 Å². The number of ether oxygens (including phenoxy) is 1. The Morgan fingerprint density at radius 2 is 1.92 bits per heavy atom. The lowest BCUT2D eigenvalue weighted by atomic mass is 10.0. The van der Waals surface area contributed by atoms with Gasteiger partial charge in [0.15, 0.2) is 0 Å². The predicted octanol–water partition coefficient (Wildman–Crippen LogP) is 1.56. The summed E-state index contributed by atoms with van der Waals surface area (Å²) in [6, 6.07) is 0. The fourth-order valence-corrected chi connectivity index (χ4v) is 2.37. The molecule has 70 valence electrons. The third kappa shape index (κ3) is 1.99. The fourth-order valence-electron chi connectivity index (χ4n) is 2.37. The van der Waals surface area contributed by atoms with Gasteiger partial charge >= 0.3 is 0 Å². The topological polar surface area (TPSA) is 21.3 Å². The van der Waals surface area contributed by atoms with Gasteiger partial charge in [0.1, 0.15) is 0 Å². The first-order valence-electron chi connectivity index (χ1n) is 5.29. The van der Waals surface area contributed by atoms with E-state index in [1.54, 1.807) is 0 Å². The molecule has 0 aromatic heterocycles. The summed E-state index contributed by atoms with van der Waals surface area (Å²) in [5, 5.41) is 3.45. The first kappa shape index (κ1) is 8.52. The van der Waals surface area contributed by atoms with Crippen LogP contribution in [0.2, 0.25) is 0 Å². The van der Waals surface area contributed by atoms with Crippen molar-refractivity contribution in [2.24, 2.45) is 5.92 Å². The van der Waals surface area contributed by atoms with Crippen LogP contribution in [0, 0.1) is 5.92 Å². The summed E-state index contributed by atoms with van der Waals surface area (Å²) in [7, 11) is 0. The van der Waals surface area contributed by atoms with E-state index in [9.17, 15) is 0 Å². The van der Waals surface area contributed by atoms with E-state index in [1.165, 1.54) is 32.1 Å². The molecule has 2 aliphatic rings. The second-order valence-corrected chi connectivity index (χ2v) is 4.01. The molecule has 0 radical (unpaired) electrons. The summed E-state index contributed by atoms with van der Waals surface area (Å²) in [5.74, 6) is 0.857. The Kier molecular flexibility index (Phi) is 3.01. The molecule has 1 aliphatic heterocycles. The Labute approximate surface area is 74.7 Å². The molecule has 12 heavy (non-hydrogen) atoms. The standard InChI is InChI=1S/C10H19NO/c1-2-5-9(4-1)10-8-11-6-3-7-12-10/h9-11H,1-8H2. The molecule has 2 rings (SSSR count). The van der Waals surface area contributed by atoms with Crippen molar-refractivity contribution >= 4 is 0 Å². The van der Waals surface area contributed by atoms with E-state index in [4.69, 9.17) is 4.74 Å². The van der Waals surface area contributed by atoms with Crippen molar-refractivity contribution in [3.8, 4) is 0 Å². The Bertz CT molecular complexity index is 124. The fraction of sp³-hybridized carbons (Fsp3) is 1.00. The number of nitrogens with one attached hydrogen (secondary N) is 1. The molecule has 1 aliphatic carbocycles. The highest BCUT2D eigenvalue weighted by Gasteiger charge is 2.25. The van der Waals surface area contributed by atoms with Crippen LogP contribution < -0.4 is 5.32 Å². The molecule has 2 fully saturated rings. The average Bonchev–Trinajstić information content (AvgIpc) is 2.48. The maximum atomic E-state index is 5.82. The number of hydrogen-bond acceptors (Lipinski definition) is 2. The van der Waals surface area contributed by atoms with E-state index in [0.29, 0.717) is 6.10 Å². The van der Waals surface area contributed by atoms with Crippen LogP contribution in [-0.4, -0.2) is 25.8 Å². The first-order valence-corrected chi connectivity index (χ1v) is 5.29. The number of rotatable bonds is 1. The zero-order valence-electron chi connectivity index (χ0n) is 7.72. The summed E-state index contributed by atoms with van der Waals surface area (Å²) in [6.45, 7) is 3.20. The van der Waals surface area contributed by atoms with Crippen LogP contribution in [0.25, 0.3) is 0 Å². The quantitative estimate of drug-likeness (QED) is 0.643. The van der Waals surface area contributed by atoms with Crippen molar-refractivity contribution in [3.63, 3.8) is 0 Å². The molecule has 1 saturated carbocycles. The SMILES string of the molecule is C1CNCC(C2CCCC2)OC1. The average molecular weight is 169 g/mol. The minimum absolute atomic E-state index is 0.523. The van der Waals surface area contributed by atoms with Crippen LogP contribution >= 0.6 is 0 Å². The van der Waals surface area contributed by atoms with Crippen molar-refractivity contribution in [3.05, 3.63) is 0 Å². The Hall–Kier alpha value is -0.0800. The highest BCUT2D eigenvalue weighted by atomic mass is 16.5. The smallest absolute Gasteiger partial charge is 0.0727 e. The van der Waals surface area contributed by atoms with Crippen LogP contribution in [0.3, 0.4) is 0 Å². The molecule has 2 nitrogen and oxygen atoms in total. The van der Waals surface area contributed by atoms with Crippen LogP contribution in [0.1, 0.15) is 32.1 Å². The largest absolute Gasteiger partial charge is 0.377 e. The zero-order chi connectivity index (χ0) is 8.23. The monoisotopic (exact) mass is 169 g/mol. The summed E-state index contributed by atoms with van der Waals surface area (Å²) in [6.07, 6.45) is 7.34. The minimum atomic E-state index is 0.523. The zero-order valence-corrected chi connectivity index (χ0v) is 7.72. The van der Waals surface area contributed by atoms with Gasteiger partial charge in [-0.1, -0.05) is 12.8 Å². The minimum Gasteiger partial charge on any atom is -0.377 e. The lowest BCUT2D eigenvalue weighted by molar-refractivity contribution is 0.0268. The van der Waals surface area contributed by atoms with Gasteiger partial charge in [0, 0.05) is 13.2 Å². The second kappa shape index (κ2) is 4.24. The first-order chi connectivity index (χ1) is 5.97. The van der Waals surface area contributed by atoms with Gasteiger partial charge in [0.05, 0.1) is 6.10 Å². The van der Waals surface area contributed by atoms with Crippen LogP contribution in [0.15, 0.2) is 0 Å². The molecule has 1 atom stereocenters. The molecular formula is C10H19NO. The van der Waals surface area contributed by atoms with Gasteiger partial charge in [-0.15, -0.1) is 0 Å². The van der Waals surface area contributed by atoms with Crippen molar-refractivity contribution in [2.45, 2.75) is 38.2 Å². The number of hydrogen-bond donors (Lipinski definition) is 1. The second-order valence-electron chi connectivity index (χ2n) is 4.01. The summed E-state index contributed by atoms with van der Waals surface area (Å²) < 4.78 is 5.82. The third-order valence-electron chi connectivity index (χ3n) is 3.10. The van der Waals surface area contributed by atoms with E-state index in [2.05, 4.69) is 5.32 Å². The van der Waals surface area contributed by atoms with E-state index >= 15 is 0 Å². The molecule has 0 bridgehead atoms. The van der Waals surface area contributed by atoms with Crippen LogP contribution in [0.4, 0.5) is 0 Å². The van der Waals surface area contributed by atoms with Gasteiger partial charge in [-0.2, -0.15) is 0 Å². The summed E-state index contributed by atoms with van der Waals surface area (Å²) >= 11 is 0. The highest BCUT2D eigenvalue weighted by Crippen LogP contribution is 2.29. The molecule has 1 N–H and O–H groups in total. The molecule has 1 unspecified atom stereocenters. The molecule has 0 aromatic carbocycles. The molecule has 1 saturated heterocycles. The molecular weight excluding hydrogens is 150 g/mol. The van der Waals surface area contributed by atoms with E-state index in [-0.39, 0.29) is 0 Å². The third-order valence-corrected chi connectivity index (χ3v) is 3.10. The summed E-state index contributed by atoms with van der Waals surface area (Å²) in [4.78, 5) is 0. The molecule has 1 heterocycles. The highest BCUT2D eigenvalue weighted by molar-refractivity contribution is 4.78. The van der Waals surface area contributed by atoms with Gasteiger partial charge in [-0.3, -0.25) is 0 Å². The molecule has 0 amide bonds. The Morgan fingerprint density at radius 3 is 2.75 bits per heavy atom. The maximum absolute atomic E-state index is 5.82. The van der Waals surface area contributed by atoms with Gasteiger partial charge in [0.25, 0.3) is 0 Å². The lowest BCUT2D eigenvalue weighted by Crippen LogP contribution is -2.31. The normalized spacial score (nSPS) is 33.5. The van der Waals surface area contributed by atoms with Crippen molar-refractivity contribution in [2.75, 3.05) is 19.7 Å². The lowest BCUT2D eigenvalue weighted by Gasteiger charge is -2.21. The van der Waals surface area contributed by atoms with Gasteiger partial charge < -0.3 is 10.1 Å². The van der Waals surface area contributed by atoms with Crippen molar-refractivity contribution < 1.29 is 4.74 Å². The van der Waals surface area contributed by atoms with Crippen molar-refractivity contribution in [1.82, 2.24) is 5.32 Å². The van der Waals surface area contributed by atoms with E-state index in [1.807, 2.05) is 0 Å². The summed E-state index contributed by atoms with van der Waals surface area (Å²) in [5.41, 5.74) is 0. The van der Waals surface area contributed by atoms with Crippen molar-refractivity contribution in [1.29, 1.82) is 0 Å². The van der Waals surface area contributed by atoms with E-state index < -0.39 is 0 Å². The molecule has 2 heteroatoms. The Balaban J connectivity index is 1.83. The molecule has 0 spiro atoms. The van der Waals surface area contributed by atoms with Gasteiger partial charge in [-0.25, -0.2) is 0 Å². The van der Waals surface area contributed by atoms with Gasteiger partial charge in [-0.05, 0) is 31.7 Å². The maximum Gasteiger partial charge on any atom is 0.0727 e. The predicted molar refractivity (Wildman–Crippen MR) is 49.2 cm³/mol. The van der Waals surface area contributed by atoms with Crippen LogP contribution in [0.5, 0.6) is 0 Å².